The van der Waals surface area contributed by atoms with Crippen molar-refractivity contribution in [3.8, 4) is 0 Å². The molecule has 0 aliphatic carbocycles. The van der Waals surface area contributed by atoms with Gasteiger partial charge in [0.25, 0.3) is 0 Å². The van der Waals surface area contributed by atoms with Crippen LogP contribution in [0.25, 0.3) is 27.6 Å². The Hall–Kier alpha value is -4.02. The molecule has 1 heterocycles. The van der Waals surface area contributed by atoms with Gasteiger partial charge in [0.1, 0.15) is 5.82 Å². The van der Waals surface area contributed by atoms with Crippen molar-refractivity contribution >= 4 is 55.1 Å². The molecule has 4 aromatic carbocycles. The number of nitrogens with zero attached hydrogens (tertiary/aromatic N) is 3. The third-order valence-corrected chi connectivity index (χ3v) is 6.34. The van der Waals surface area contributed by atoms with Gasteiger partial charge in [-0.2, -0.15) is 0 Å². The third-order valence-electron chi connectivity index (χ3n) is 5.85. The summed E-state index contributed by atoms with van der Waals surface area (Å²) < 4.78 is 3.14. The number of hydrogen-bond donors (Lipinski definition) is 0. The number of amidine groups is 1. The SMILES string of the molecule is C=CC/C(=N\C(=N/C(=C)n1c2ccccc2c2cc(Br)ccc21)c1ccccc1)c1ccccc1. The number of aromatic nitrogens is 1. The third kappa shape index (κ3) is 4.66. The van der Waals surface area contributed by atoms with Crippen LogP contribution < -0.4 is 0 Å². The van der Waals surface area contributed by atoms with E-state index in [9.17, 15) is 0 Å². The van der Waals surface area contributed by atoms with E-state index in [1.807, 2.05) is 66.7 Å². The molecule has 0 saturated heterocycles. The molecule has 0 bridgehead atoms. The van der Waals surface area contributed by atoms with Crippen LogP contribution in [0.1, 0.15) is 17.5 Å². The van der Waals surface area contributed by atoms with Crippen molar-refractivity contribution < 1.29 is 0 Å². The number of rotatable bonds is 6. The van der Waals surface area contributed by atoms with Gasteiger partial charge in [-0.15, -0.1) is 6.58 Å². The highest BCUT2D eigenvalue weighted by Gasteiger charge is 2.14. The summed E-state index contributed by atoms with van der Waals surface area (Å²) in [6.07, 6.45) is 2.50. The van der Waals surface area contributed by atoms with E-state index in [2.05, 4.69) is 76.1 Å². The number of fused-ring (bicyclic) bond motifs is 3. The molecule has 0 N–H and O–H groups in total. The van der Waals surface area contributed by atoms with Gasteiger partial charge in [0, 0.05) is 27.2 Å². The fourth-order valence-electron chi connectivity index (χ4n) is 4.26. The van der Waals surface area contributed by atoms with Gasteiger partial charge in [0.05, 0.1) is 16.7 Å². The molecular weight excluding hydrogens is 494 g/mol. The van der Waals surface area contributed by atoms with E-state index in [0.717, 1.165) is 43.1 Å². The summed E-state index contributed by atoms with van der Waals surface area (Å²) in [6, 6.07) is 34.8. The summed E-state index contributed by atoms with van der Waals surface area (Å²) in [5, 5.41) is 2.30. The Bertz CT molecular complexity index is 1590. The fourth-order valence-corrected chi connectivity index (χ4v) is 4.62. The molecule has 0 spiro atoms. The zero-order valence-electron chi connectivity index (χ0n) is 19.2. The maximum absolute atomic E-state index is 5.04. The topological polar surface area (TPSA) is 29.6 Å². The van der Waals surface area contributed by atoms with Crippen LogP contribution in [0.15, 0.2) is 137 Å². The van der Waals surface area contributed by atoms with Gasteiger partial charge in [-0.3, -0.25) is 4.57 Å². The van der Waals surface area contributed by atoms with Crippen molar-refractivity contribution in [2.24, 2.45) is 9.98 Å². The van der Waals surface area contributed by atoms with Crippen LogP contribution in [-0.4, -0.2) is 16.1 Å². The van der Waals surface area contributed by atoms with E-state index < -0.39 is 0 Å². The number of allylic oxidation sites excluding steroid dienone is 1. The fraction of sp³-hybridized carbons (Fsp3) is 0.0323. The van der Waals surface area contributed by atoms with Gasteiger partial charge < -0.3 is 0 Å². The van der Waals surface area contributed by atoms with Crippen LogP contribution in [0.2, 0.25) is 0 Å². The highest BCUT2D eigenvalue weighted by molar-refractivity contribution is 9.10. The molecule has 0 aliphatic heterocycles. The first-order chi connectivity index (χ1) is 17.2. The molecule has 5 rings (SSSR count). The molecule has 0 unspecified atom stereocenters. The van der Waals surface area contributed by atoms with E-state index in [1.165, 1.54) is 0 Å². The Kier molecular flexibility index (Phi) is 6.55. The van der Waals surface area contributed by atoms with Gasteiger partial charge >= 0.3 is 0 Å². The minimum absolute atomic E-state index is 0.604. The van der Waals surface area contributed by atoms with Crippen LogP contribution in [0.3, 0.4) is 0 Å². The lowest BCUT2D eigenvalue weighted by Crippen LogP contribution is -2.07. The average molecular weight is 518 g/mol. The molecule has 5 aromatic rings. The van der Waals surface area contributed by atoms with Crippen molar-refractivity contribution in [1.82, 2.24) is 4.57 Å². The summed E-state index contributed by atoms with van der Waals surface area (Å²) in [5.74, 6) is 1.21. The molecule has 170 valence electrons. The lowest BCUT2D eigenvalue weighted by molar-refractivity contribution is 1.18. The molecule has 0 amide bonds. The molecule has 35 heavy (non-hydrogen) atoms. The maximum atomic E-state index is 5.04. The summed E-state index contributed by atoms with van der Waals surface area (Å²) in [7, 11) is 0. The van der Waals surface area contributed by atoms with Crippen molar-refractivity contribution in [2.45, 2.75) is 6.42 Å². The second kappa shape index (κ2) is 10.1. The summed E-state index contributed by atoms with van der Waals surface area (Å²) >= 11 is 3.61. The van der Waals surface area contributed by atoms with Gasteiger partial charge in [0.2, 0.25) is 0 Å². The minimum Gasteiger partial charge on any atom is -0.294 e. The average Bonchev–Trinajstić information content (AvgIpc) is 3.22. The highest BCUT2D eigenvalue weighted by Crippen LogP contribution is 2.33. The Labute approximate surface area is 213 Å². The first-order valence-electron chi connectivity index (χ1n) is 11.4. The highest BCUT2D eigenvalue weighted by atomic mass is 79.9. The molecule has 0 saturated carbocycles. The second-order valence-electron chi connectivity index (χ2n) is 8.15. The number of benzene rings is 4. The van der Waals surface area contributed by atoms with Gasteiger partial charge in [-0.05, 0) is 29.8 Å². The van der Waals surface area contributed by atoms with E-state index in [0.29, 0.717) is 18.1 Å². The lowest BCUT2D eigenvalue weighted by atomic mass is 10.1. The molecular formula is C31H24BrN3. The summed E-state index contributed by atoms with van der Waals surface area (Å²) in [5.41, 5.74) is 4.98. The minimum atomic E-state index is 0.604. The van der Waals surface area contributed by atoms with Crippen molar-refractivity contribution in [3.05, 3.63) is 138 Å². The number of aliphatic imine (C=N–C) groups is 2. The molecule has 0 aliphatic rings. The quantitative estimate of drug-likeness (QED) is 0.123. The van der Waals surface area contributed by atoms with Gasteiger partial charge in [-0.25, -0.2) is 9.98 Å². The maximum Gasteiger partial charge on any atom is 0.161 e. The predicted octanol–water partition coefficient (Wildman–Crippen LogP) is 8.50. The predicted molar refractivity (Wildman–Crippen MR) is 153 cm³/mol. The summed E-state index contributed by atoms with van der Waals surface area (Å²) in [6.45, 7) is 8.32. The molecule has 0 atom stereocenters. The molecule has 3 nitrogen and oxygen atoms in total. The Morgan fingerprint density at radius 1 is 0.743 bits per heavy atom. The summed E-state index contributed by atoms with van der Waals surface area (Å²) in [4.78, 5) is 10.1. The molecule has 0 radical (unpaired) electrons. The molecule has 4 heteroatoms. The second-order valence-corrected chi connectivity index (χ2v) is 9.06. The first-order valence-corrected chi connectivity index (χ1v) is 12.2. The first kappa shape index (κ1) is 22.8. The van der Waals surface area contributed by atoms with Gasteiger partial charge in [0.15, 0.2) is 5.84 Å². The van der Waals surface area contributed by atoms with E-state index >= 15 is 0 Å². The lowest BCUT2D eigenvalue weighted by Gasteiger charge is -2.11. The van der Waals surface area contributed by atoms with E-state index in [1.54, 1.807) is 0 Å². The van der Waals surface area contributed by atoms with Crippen LogP contribution in [0.4, 0.5) is 0 Å². The largest absolute Gasteiger partial charge is 0.294 e. The molecule has 0 fully saturated rings. The van der Waals surface area contributed by atoms with Crippen molar-refractivity contribution in [1.29, 1.82) is 0 Å². The standard InChI is InChI=1S/C31H24BrN3/c1-3-12-28(23-13-6-4-7-14-23)34-31(24-15-8-5-9-16-24)33-22(2)35-29-18-11-10-17-26(29)27-21-25(32)19-20-30(27)35/h3-11,13-21H,1-2,12H2/b33-31-,34-28+. The van der Waals surface area contributed by atoms with E-state index in [4.69, 9.17) is 9.98 Å². The molecule has 1 aromatic heterocycles. The normalized spacial score (nSPS) is 12.3. The number of para-hydroxylation sites is 1. The zero-order chi connectivity index (χ0) is 24.2. The number of halogens is 1. The van der Waals surface area contributed by atoms with Crippen LogP contribution in [0.5, 0.6) is 0 Å². The van der Waals surface area contributed by atoms with Crippen molar-refractivity contribution in [2.75, 3.05) is 0 Å². The Morgan fingerprint density at radius 3 is 2.09 bits per heavy atom. The Balaban J connectivity index is 1.71. The Morgan fingerprint density at radius 2 is 1.37 bits per heavy atom. The smallest absolute Gasteiger partial charge is 0.161 e. The van der Waals surface area contributed by atoms with Crippen LogP contribution in [-0.2, 0) is 0 Å². The monoisotopic (exact) mass is 517 g/mol. The van der Waals surface area contributed by atoms with E-state index in [-0.39, 0.29) is 0 Å². The van der Waals surface area contributed by atoms with Gasteiger partial charge in [-0.1, -0.05) is 107 Å². The number of hydrogen-bond acceptors (Lipinski definition) is 1. The van der Waals surface area contributed by atoms with Crippen molar-refractivity contribution in [3.63, 3.8) is 0 Å². The van der Waals surface area contributed by atoms with Crippen LogP contribution >= 0.6 is 15.9 Å². The zero-order valence-corrected chi connectivity index (χ0v) is 20.8. The van der Waals surface area contributed by atoms with Crippen LogP contribution in [0, 0.1) is 0 Å².